The summed E-state index contributed by atoms with van der Waals surface area (Å²) in [7, 11) is 1.64. The maximum absolute atomic E-state index is 12.7. The summed E-state index contributed by atoms with van der Waals surface area (Å²) in [6.45, 7) is 1.37. The fraction of sp³-hybridized carbons (Fsp3) is 0.269. The van der Waals surface area contributed by atoms with Gasteiger partial charge in [-0.1, -0.05) is 18.2 Å². The number of methoxy groups -OCH3 is 1. The molecule has 1 saturated heterocycles. The fourth-order valence-electron chi connectivity index (χ4n) is 4.19. The lowest BCUT2D eigenvalue weighted by Gasteiger charge is -2.30. The molecule has 8 heteroatoms. The molecule has 8 nitrogen and oxygen atoms in total. The van der Waals surface area contributed by atoms with Crippen LogP contribution in [-0.2, 0) is 16.1 Å². The maximum Gasteiger partial charge on any atom is 0.309 e. The van der Waals surface area contributed by atoms with Crippen molar-refractivity contribution in [3.63, 3.8) is 0 Å². The first kappa shape index (κ1) is 21.6. The van der Waals surface area contributed by atoms with Gasteiger partial charge < -0.3 is 23.2 Å². The van der Waals surface area contributed by atoms with E-state index in [0.29, 0.717) is 37.6 Å². The van der Waals surface area contributed by atoms with Crippen LogP contribution in [0.3, 0.4) is 0 Å². The van der Waals surface area contributed by atoms with Gasteiger partial charge in [-0.3, -0.25) is 4.79 Å². The standard InChI is InChI=1S/C26H23N3O5/c1-31-21-7-6-19-13-17(4-5-20(19)14-21)16-33-26(30)18-8-10-29(11-9-18)25-22(15-27)28-24(34-25)23-3-2-12-32-23/h2-7,12-14,18H,8-11,16H2,1H3. The normalized spacial score (nSPS) is 14.2. The lowest BCUT2D eigenvalue weighted by atomic mass is 9.97. The van der Waals surface area contributed by atoms with Crippen molar-refractivity contribution in [3.8, 4) is 23.5 Å². The number of furan rings is 1. The van der Waals surface area contributed by atoms with Crippen molar-refractivity contribution in [3.05, 3.63) is 66.1 Å². The Morgan fingerprint density at radius 1 is 1.18 bits per heavy atom. The highest BCUT2D eigenvalue weighted by atomic mass is 16.5. The summed E-state index contributed by atoms with van der Waals surface area (Å²) in [6.07, 6.45) is 2.74. The molecule has 0 amide bonds. The number of oxazole rings is 1. The van der Waals surface area contributed by atoms with Crippen molar-refractivity contribution in [2.45, 2.75) is 19.4 Å². The van der Waals surface area contributed by atoms with Crippen molar-refractivity contribution < 1.29 is 23.1 Å². The number of nitriles is 1. The molecule has 2 aromatic heterocycles. The molecule has 172 valence electrons. The minimum atomic E-state index is -0.205. The van der Waals surface area contributed by atoms with Crippen molar-refractivity contribution in [2.24, 2.45) is 5.92 Å². The van der Waals surface area contributed by atoms with E-state index in [-0.39, 0.29) is 30.1 Å². The Labute approximate surface area is 196 Å². The Balaban J connectivity index is 1.18. The van der Waals surface area contributed by atoms with Crippen LogP contribution in [0.5, 0.6) is 5.75 Å². The Morgan fingerprint density at radius 2 is 1.97 bits per heavy atom. The van der Waals surface area contributed by atoms with Crippen LogP contribution in [0, 0.1) is 17.2 Å². The number of benzene rings is 2. The van der Waals surface area contributed by atoms with Gasteiger partial charge in [0.15, 0.2) is 5.76 Å². The predicted octanol–water partition coefficient (Wildman–Crippen LogP) is 4.93. The molecule has 0 spiro atoms. The summed E-state index contributed by atoms with van der Waals surface area (Å²) >= 11 is 0. The molecule has 1 aliphatic rings. The molecular formula is C26H23N3O5. The number of ether oxygens (including phenoxy) is 2. The zero-order chi connectivity index (χ0) is 23.5. The largest absolute Gasteiger partial charge is 0.497 e. The maximum atomic E-state index is 12.7. The first-order chi connectivity index (χ1) is 16.6. The van der Waals surface area contributed by atoms with Gasteiger partial charge in [-0.15, -0.1) is 0 Å². The molecule has 0 bridgehead atoms. The van der Waals surface area contributed by atoms with Gasteiger partial charge >= 0.3 is 5.97 Å². The lowest BCUT2D eigenvalue weighted by Crippen LogP contribution is -2.37. The van der Waals surface area contributed by atoms with E-state index in [1.54, 1.807) is 19.2 Å². The molecule has 0 radical (unpaired) electrons. The van der Waals surface area contributed by atoms with Crippen LogP contribution in [0.4, 0.5) is 5.88 Å². The zero-order valence-electron chi connectivity index (χ0n) is 18.7. The van der Waals surface area contributed by atoms with Gasteiger partial charge in [0.05, 0.1) is 19.3 Å². The van der Waals surface area contributed by atoms with Crippen LogP contribution >= 0.6 is 0 Å². The van der Waals surface area contributed by atoms with Gasteiger partial charge in [-0.05, 0) is 59.5 Å². The minimum Gasteiger partial charge on any atom is -0.497 e. The van der Waals surface area contributed by atoms with Gasteiger partial charge in [-0.25, -0.2) is 0 Å². The molecule has 3 heterocycles. The topological polar surface area (TPSA) is 102 Å². The van der Waals surface area contributed by atoms with Crippen molar-refractivity contribution in [2.75, 3.05) is 25.1 Å². The van der Waals surface area contributed by atoms with Crippen molar-refractivity contribution >= 4 is 22.6 Å². The predicted molar refractivity (Wildman–Crippen MR) is 124 cm³/mol. The molecule has 0 aliphatic carbocycles. The Morgan fingerprint density at radius 3 is 2.71 bits per heavy atom. The van der Waals surface area contributed by atoms with Gasteiger partial charge in [0.2, 0.25) is 11.6 Å². The first-order valence-electron chi connectivity index (χ1n) is 11.1. The number of anilines is 1. The van der Waals surface area contributed by atoms with Gasteiger partial charge in [0.1, 0.15) is 18.4 Å². The second-order valence-corrected chi connectivity index (χ2v) is 8.18. The molecule has 2 aromatic carbocycles. The number of carbonyl (C=O) groups is 1. The number of nitrogens with zero attached hydrogens (tertiary/aromatic N) is 3. The number of aromatic nitrogens is 1. The van der Waals surface area contributed by atoms with E-state index in [0.717, 1.165) is 22.1 Å². The zero-order valence-corrected chi connectivity index (χ0v) is 18.7. The third-order valence-corrected chi connectivity index (χ3v) is 6.06. The summed E-state index contributed by atoms with van der Waals surface area (Å²) in [5.74, 6) is 1.56. The molecule has 0 N–H and O–H groups in total. The Kier molecular flexibility index (Phi) is 5.91. The van der Waals surface area contributed by atoms with E-state index in [4.69, 9.17) is 18.3 Å². The summed E-state index contributed by atoms with van der Waals surface area (Å²) in [5.41, 5.74) is 1.15. The van der Waals surface area contributed by atoms with Gasteiger partial charge in [-0.2, -0.15) is 10.2 Å². The Hall–Kier alpha value is -4.25. The van der Waals surface area contributed by atoms with E-state index in [9.17, 15) is 10.1 Å². The molecule has 1 aliphatic heterocycles. The van der Waals surface area contributed by atoms with Crippen LogP contribution < -0.4 is 9.64 Å². The number of piperidine rings is 1. The number of rotatable bonds is 6. The average Bonchev–Trinajstić information content (AvgIpc) is 3.57. The molecule has 1 fully saturated rings. The molecule has 34 heavy (non-hydrogen) atoms. The number of hydrogen-bond donors (Lipinski definition) is 0. The van der Waals surface area contributed by atoms with Crippen LogP contribution in [-0.4, -0.2) is 31.2 Å². The highest BCUT2D eigenvalue weighted by Crippen LogP contribution is 2.31. The molecule has 0 unspecified atom stereocenters. The van der Waals surface area contributed by atoms with E-state index in [1.165, 1.54) is 6.26 Å². The SMILES string of the molecule is COc1ccc2cc(COC(=O)C3CCN(c4oc(-c5ccco5)nc4C#N)CC3)ccc2c1. The number of fused-ring (bicyclic) bond motifs is 1. The van der Waals surface area contributed by atoms with Crippen LogP contribution in [0.15, 0.2) is 63.6 Å². The quantitative estimate of drug-likeness (QED) is 0.376. The third kappa shape index (κ3) is 4.33. The van der Waals surface area contributed by atoms with E-state index < -0.39 is 0 Å². The van der Waals surface area contributed by atoms with Crippen molar-refractivity contribution in [1.82, 2.24) is 4.98 Å². The molecular weight excluding hydrogens is 434 g/mol. The summed E-state index contributed by atoms with van der Waals surface area (Å²) in [5, 5.41) is 11.6. The monoisotopic (exact) mass is 457 g/mol. The highest BCUT2D eigenvalue weighted by Gasteiger charge is 2.30. The van der Waals surface area contributed by atoms with Crippen LogP contribution in [0.1, 0.15) is 24.1 Å². The lowest BCUT2D eigenvalue weighted by molar-refractivity contribution is -0.150. The third-order valence-electron chi connectivity index (χ3n) is 6.06. The minimum absolute atomic E-state index is 0.195. The average molecular weight is 457 g/mol. The van der Waals surface area contributed by atoms with Gasteiger partial charge in [0.25, 0.3) is 5.89 Å². The second kappa shape index (κ2) is 9.32. The van der Waals surface area contributed by atoms with E-state index in [2.05, 4.69) is 11.1 Å². The fourth-order valence-corrected chi connectivity index (χ4v) is 4.19. The smallest absolute Gasteiger partial charge is 0.309 e. The molecule has 0 saturated carbocycles. The summed E-state index contributed by atoms with van der Waals surface area (Å²) < 4.78 is 22.0. The highest BCUT2D eigenvalue weighted by molar-refractivity contribution is 5.84. The second-order valence-electron chi connectivity index (χ2n) is 8.18. The van der Waals surface area contributed by atoms with Gasteiger partial charge in [0, 0.05) is 13.1 Å². The van der Waals surface area contributed by atoms with Crippen molar-refractivity contribution in [1.29, 1.82) is 5.26 Å². The Bertz CT molecular complexity index is 1340. The van der Waals surface area contributed by atoms with E-state index >= 15 is 0 Å². The molecule has 4 aromatic rings. The van der Waals surface area contributed by atoms with E-state index in [1.807, 2.05) is 41.3 Å². The summed E-state index contributed by atoms with van der Waals surface area (Å²) in [4.78, 5) is 18.9. The van der Waals surface area contributed by atoms with Crippen LogP contribution in [0.25, 0.3) is 22.4 Å². The number of hydrogen-bond acceptors (Lipinski definition) is 8. The summed E-state index contributed by atoms with van der Waals surface area (Å²) in [6, 6.07) is 17.4. The number of carbonyl (C=O) groups excluding carboxylic acids is 1. The van der Waals surface area contributed by atoms with Crippen LogP contribution in [0.2, 0.25) is 0 Å². The molecule has 0 atom stereocenters. The number of esters is 1. The first-order valence-corrected chi connectivity index (χ1v) is 11.1. The molecule has 5 rings (SSSR count).